The first-order valence-corrected chi connectivity index (χ1v) is 7.63. The van der Waals surface area contributed by atoms with Crippen molar-refractivity contribution in [1.82, 2.24) is 41.4 Å². The summed E-state index contributed by atoms with van der Waals surface area (Å²) in [5.41, 5.74) is 8.01. The van der Waals surface area contributed by atoms with Gasteiger partial charge in [0.1, 0.15) is 12.5 Å². The molecule has 1 amide bonds. The molecule has 1 saturated heterocycles. The second-order valence-corrected chi connectivity index (χ2v) is 5.59. The fourth-order valence-corrected chi connectivity index (χ4v) is 2.68. The Morgan fingerprint density at radius 1 is 1.57 bits per heavy atom. The topological polar surface area (TPSA) is 110 Å². The first-order valence-electron chi connectivity index (χ1n) is 7.63. The van der Waals surface area contributed by atoms with Crippen LogP contribution in [0.2, 0.25) is 0 Å². The van der Waals surface area contributed by atoms with Gasteiger partial charge in [0.05, 0.1) is 17.7 Å². The van der Waals surface area contributed by atoms with E-state index in [-0.39, 0.29) is 24.0 Å². The Morgan fingerprint density at radius 2 is 2.43 bits per heavy atom. The van der Waals surface area contributed by atoms with Crippen molar-refractivity contribution in [3.8, 4) is 0 Å². The van der Waals surface area contributed by atoms with Crippen molar-refractivity contribution < 1.29 is 4.79 Å². The summed E-state index contributed by atoms with van der Waals surface area (Å²) in [6.45, 7) is 4.55. The summed E-state index contributed by atoms with van der Waals surface area (Å²) >= 11 is 0. The van der Waals surface area contributed by atoms with E-state index in [2.05, 4.69) is 36.7 Å². The van der Waals surface area contributed by atoms with E-state index in [1.54, 1.807) is 6.20 Å². The molecule has 3 atom stereocenters. The van der Waals surface area contributed by atoms with Crippen LogP contribution in [0.5, 0.6) is 0 Å². The number of carbonyl (C=O) groups excluding carboxylic acids is 1. The molecule has 2 aromatic heterocycles. The Kier molecular flexibility index (Phi) is 4.58. The summed E-state index contributed by atoms with van der Waals surface area (Å²) in [5.74, 6) is -0.365. The molecule has 3 unspecified atom stereocenters. The lowest BCUT2D eigenvalue weighted by atomic mass is 10.0. The van der Waals surface area contributed by atoms with E-state index in [4.69, 9.17) is 0 Å². The number of nitrogens with zero attached hydrogens (tertiary/aromatic N) is 5. The highest BCUT2D eigenvalue weighted by Crippen LogP contribution is 2.21. The summed E-state index contributed by atoms with van der Waals surface area (Å²) in [6.07, 6.45) is 3.71. The molecule has 3 heterocycles. The second-order valence-electron chi connectivity index (χ2n) is 5.59. The Labute approximate surface area is 133 Å². The first kappa shape index (κ1) is 15.5. The number of nitrogens with one attached hydrogen (secondary N) is 3. The third-order valence-corrected chi connectivity index (χ3v) is 3.96. The number of hydrazine groups is 1. The van der Waals surface area contributed by atoms with Crippen LogP contribution in [0.1, 0.15) is 36.8 Å². The van der Waals surface area contributed by atoms with Crippen LogP contribution < -0.4 is 16.2 Å². The summed E-state index contributed by atoms with van der Waals surface area (Å²) < 4.78 is 1.54. The van der Waals surface area contributed by atoms with Gasteiger partial charge in [0.2, 0.25) is 5.91 Å². The summed E-state index contributed by atoms with van der Waals surface area (Å²) in [5, 5.41) is 14.2. The van der Waals surface area contributed by atoms with Gasteiger partial charge in [-0.2, -0.15) is 0 Å². The molecular formula is C14H20N8O. The zero-order valence-electron chi connectivity index (χ0n) is 13.1. The minimum atomic E-state index is -0.312. The number of pyridine rings is 1. The zero-order chi connectivity index (χ0) is 16.2. The van der Waals surface area contributed by atoms with Crippen molar-refractivity contribution in [1.29, 1.82) is 0 Å². The number of aryl methyl sites for hydroxylation is 1. The van der Waals surface area contributed by atoms with Crippen LogP contribution in [0.15, 0.2) is 24.7 Å². The molecule has 0 aromatic carbocycles. The third kappa shape index (κ3) is 3.35. The first-order chi connectivity index (χ1) is 11.2. The van der Waals surface area contributed by atoms with Gasteiger partial charge in [-0.05, 0) is 41.5 Å². The van der Waals surface area contributed by atoms with Gasteiger partial charge in [-0.3, -0.25) is 15.2 Å². The molecule has 122 valence electrons. The average Bonchev–Trinajstić information content (AvgIpc) is 3.22. The van der Waals surface area contributed by atoms with E-state index in [9.17, 15) is 4.79 Å². The summed E-state index contributed by atoms with van der Waals surface area (Å²) in [4.78, 5) is 17.1. The minimum absolute atomic E-state index is 0.0573. The molecule has 9 nitrogen and oxygen atoms in total. The predicted octanol–water partition coefficient (Wildman–Crippen LogP) is -0.133. The summed E-state index contributed by atoms with van der Waals surface area (Å²) in [7, 11) is 0. The number of tetrazole rings is 1. The summed E-state index contributed by atoms with van der Waals surface area (Å²) in [6, 6.07) is 3.83. The number of hydrogen-bond acceptors (Lipinski definition) is 7. The van der Waals surface area contributed by atoms with Gasteiger partial charge in [0, 0.05) is 12.7 Å². The molecule has 3 rings (SSSR count). The molecule has 3 N–H and O–H groups in total. The van der Waals surface area contributed by atoms with Crippen LogP contribution in [0, 0.1) is 12.8 Å². The van der Waals surface area contributed by atoms with Gasteiger partial charge in [-0.1, -0.05) is 6.92 Å². The van der Waals surface area contributed by atoms with E-state index in [0.717, 1.165) is 17.7 Å². The Hall–Kier alpha value is -2.39. The van der Waals surface area contributed by atoms with Crippen LogP contribution in [-0.2, 0) is 4.79 Å². The van der Waals surface area contributed by atoms with Gasteiger partial charge in [0.15, 0.2) is 0 Å². The number of carbonyl (C=O) groups is 1. The van der Waals surface area contributed by atoms with Gasteiger partial charge in [-0.15, -0.1) is 5.10 Å². The molecule has 1 fully saturated rings. The molecule has 23 heavy (non-hydrogen) atoms. The quantitative estimate of drug-likeness (QED) is 0.704. The largest absolute Gasteiger partial charge is 0.347 e. The number of aromatic nitrogens is 5. The maximum atomic E-state index is 12.7. The van der Waals surface area contributed by atoms with Crippen LogP contribution in [-0.4, -0.2) is 37.6 Å². The average molecular weight is 316 g/mol. The number of hydrogen-bond donors (Lipinski definition) is 3. The normalized spacial score (nSPS) is 22.0. The van der Waals surface area contributed by atoms with E-state index in [1.807, 2.05) is 26.0 Å². The SMILES string of the molecule is CCC(NC(=O)C1CNNC1n1cnnn1)c1cc(C)ccn1. The number of rotatable bonds is 5. The van der Waals surface area contributed by atoms with Crippen LogP contribution in [0.3, 0.4) is 0 Å². The number of amides is 1. The fraction of sp³-hybridized carbons (Fsp3) is 0.500. The molecule has 0 aliphatic carbocycles. The smallest absolute Gasteiger partial charge is 0.228 e. The minimum Gasteiger partial charge on any atom is -0.347 e. The molecule has 0 spiro atoms. The molecule has 9 heteroatoms. The Balaban J connectivity index is 1.72. The van der Waals surface area contributed by atoms with Gasteiger partial charge in [-0.25, -0.2) is 10.1 Å². The molecule has 0 radical (unpaired) electrons. The lowest BCUT2D eigenvalue weighted by molar-refractivity contribution is -0.126. The monoisotopic (exact) mass is 316 g/mol. The highest BCUT2D eigenvalue weighted by molar-refractivity contribution is 5.80. The standard InChI is InChI=1S/C14H20N8O/c1-3-11(12-6-9(2)4-5-15-12)18-14(23)10-7-16-19-13(10)22-8-17-20-21-22/h4-6,8,10-11,13,16,19H,3,7H2,1-2H3,(H,18,23). The van der Waals surface area contributed by atoms with Crippen molar-refractivity contribution in [2.75, 3.05) is 6.54 Å². The van der Waals surface area contributed by atoms with Crippen LogP contribution in [0.4, 0.5) is 0 Å². The molecule has 0 bridgehead atoms. The van der Waals surface area contributed by atoms with Gasteiger partial charge < -0.3 is 5.32 Å². The highest BCUT2D eigenvalue weighted by Gasteiger charge is 2.35. The lowest BCUT2D eigenvalue weighted by Gasteiger charge is -2.22. The molecule has 1 aliphatic rings. The maximum Gasteiger partial charge on any atom is 0.228 e. The maximum absolute atomic E-state index is 12.7. The molecular weight excluding hydrogens is 296 g/mol. The van der Waals surface area contributed by atoms with Crippen LogP contribution >= 0.6 is 0 Å². The van der Waals surface area contributed by atoms with Crippen LogP contribution in [0.25, 0.3) is 0 Å². The second kappa shape index (κ2) is 6.80. The van der Waals surface area contributed by atoms with Gasteiger partial charge in [0.25, 0.3) is 0 Å². The predicted molar refractivity (Wildman–Crippen MR) is 81.6 cm³/mol. The van der Waals surface area contributed by atoms with Crippen molar-refractivity contribution in [3.63, 3.8) is 0 Å². The lowest BCUT2D eigenvalue weighted by Crippen LogP contribution is -2.39. The van der Waals surface area contributed by atoms with Crippen molar-refractivity contribution in [3.05, 3.63) is 35.9 Å². The third-order valence-electron chi connectivity index (χ3n) is 3.96. The van der Waals surface area contributed by atoms with Crippen molar-refractivity contribution in [2.45, 2.75) is 32.5 Å². The molecule has 2 aromatic rings. The van der Waals surface area contributed by atoms with E-state index < -0.39 is 0 Å². The van der Waals surface area contributed by atoms with E-state index in [1.165, 1.54) is 11.0 Å². The molecule has 1 aliphatic heterocycles. The zero-order valence-corrected chi connectivity index (χ0v) is 13.1. The van der Waals surface area contributed by atoms with Crippen molar-refractivity contribution >= 4 is 5.91 Å². The molecule has 0 saturated carbocycles. The van der Waals surface area contributed by atoms with Crippen molar-refractivity contribution in [2.24, 2.45) is 5.92 Å². The van der Waals surface area contributed by atoms with E-state index in [0.29, 0.717) is 6.54 Å². The van der Waals surface area contributed by atoms with Gasteiger partial charge >= 0.3 is 0 Å². The Bertz CT molecular complexity index is 659. The fourth-order valence-electron chi connectivity index (χ4n) is 2.68. The van der Waals surface area contributed by atoms with E-state index >= 15 is 0 Å². The Morgan fingerprint density at radius 3 is 3.13 bits per heavy atom. The highest BCUT2D eigenvalue weighted by atomic mass is 16.2.